The van der Waals surface area contributed by atoms with Crippen molar-refractivity contribution in [2.45, 2.75) is 30.6 Å². The fraction of sp³-hybridized carbons (Fsp3) is 0.500. The average Bonchev–Trinajstić information content (AvgIpc) is 2.95. The van der Waals surface area contributed by atoms with Crippen LogP contribution in [-0.4, -0.2) is 24.7 Å². The van der Waals surface area contributed by atoms with Gasteiger partial charge in [0.2, 0.25) is 0 Å². The minimum absolute atomic E-state index is 0.923. The Morgan fingerprint density at radius 2 is 2.44 bits per heavy atom. The third-order valence-electron chi connectivity index (χ3n) is 2.11. The number of thioether (sulfide) groups is 1. The van der Waals surface area contributed by atoms with Crippen LogP contribution < -0.4 is 0 Å². The van der Waals surface area contributed by atoms with Crippen molar-refractivity contribution in [1.82, 2.24) is 18.9 Å². The molecule has 2 heterocycles. The molecular weight excluding hydrogens is 240 g/mol. The van der Waals surface area contributed by atoms with Gasteiger partial charge in [0, 0.05) is 31.1 Å². The number of nitrogens with zero attached hydrogens (tertiary/aromatic N) is 4. The van der Waals surface area contributed by atoms with Gasteiger partial charge >= 0.3 is 0 Å². The van der Waals surface area contributed by atoms with E-state index in [1.54, 1.807) is 11.8 Å². The summed E-state index contributed by atoms with van der Waals surface area (Å²) < 4.78 is 7.44. The summed E-state index contributed by atoms with van der Waals surface area (Å²) in [5.41, 5.74) is 0. The summed E-state index contributed by atoms with van der Waals surface area (Å²) in [6, 6.07) is 0. The molecule has 0 saturated carbocycles. The summed E-state index contributed by atoms with van der Waals surface area (Å²) in [7, 11) is 0. The molecule has 0 aliphatic heterocycles. The Hall–Kier alpha value is -0.880. The van der Waals surface area contributed by atoms with Crippen LogP contribution in [0.5, 0.6) is 0 Å². The van der Waals surface area contributed by atoms with E-state index in [-0.39, 0.29) is 0 Å². The zero-order chi connectivity index (χ0) is 11.2. The van der Waals surface area contributed by atoms with E-state index in [1.807, 2.05) is 18.7 Å². The van der Waals surface area contributed by atoms with Gasteiger partial charge in [0.25, 0.3) is 0 Å². The van der Waals surface area contributed by atoms with Gasteiger partial charge in [0.15, 0.2) is 4.34 Å². The molecule has 6 heteroatoms. The van der Waals surface area contributed by atoms with Gasteiger partial charge in [-0.05, 0) is 18.0 Å². The minimum atomic E-state index is 0.923. The van der Waals surface area contributed by atoms with Crippen LogP contribution >= 0.6 is 23.3 Å². The van der Waals surface area contributed by atoms with Crippen LogP contribution in [0, 0.1) is 0 Å². The summed E-state index contributed by atoms with van der Waals surface area (Å²) >= 11 is 3.29. The van der Waals surface area contributed by atoms with Crippen LogP contribution in [0.2, 0.25) is 0 Å². The standard InChI is InChI=1S/C10H14N4S2/c1-2-9-12-10(16-13-9)15-7-3-5-14-6-4-11-8-14/h4,6,8H,2-3,5,7H2,1H3. The maximum atomic E-state index is 4.41. The van der Waals surface area contributed by atoms with Gasteiger partial charge in [-0.15, -0.1) is 0 Å². The second kappa shape index (κ2) is 6.00. The van der Waals surface area contributed by atoms with Crippen molar-refractivity contribution in [2.75, 3.05) is 5.75 Å². The fourth-order valence-corrected chi connectivity index (χ4v) is 2.96. The minimum Gasteiger partial charge on any atom is -0.337 e. The smallest absolute Gasteiger partial charge is 0.170 e. The Balaban J connectivity index is 1.68. The third kappa shape index (κ3) is 3.31. The van der Waals surface area contributed by atoms with Gasteiger partial charge in [-0.1, -0.05) is 18.7 Å². The van der Waals surface area contributed by atoms with Crippen LogP contribution in [0.4, 0.5) is 0 Å². The summed E-state index contributed by atoms with van der Waals surface area (Å²) in [4.78, 5) is 8.42. The Morgan fingerprint density at radius 1 is 1.50 bits per heavy atom. The highest BCUT2D eigenvalue weighted by atomic mass is 32.2. The summed E-state index contributed by atoms with van der Waals surface area (Å²) in [5.74, 6) is 2.04. The topological polar surface area (TPSA) is 43.6 Å². The van der Waals surface area contributed by atoms with Crippen LogP contribution in [0.25, 0.3) is 0 Å². The number of aryl methyl sites for hydroxylation is 2. The zero-order valence-corrected chi connectivity index (χ0v) is 10.8. The normalized spacial score (nSPS) is 10.8. The molecule has 4 nitrogen and oxygen atoms in total. The highest BCUT2D eigenvalue weighted by molar-refractivity contribution is 8.00. The number of rotatable bonds is 6. The Morgan fingerprint density at radius 3 is 3.12 bits per heavy atom. The van der Waals surface area contributed by atoms with Crippen molar-refractivity contribution < 1.29 is 0 Å². The van der Waals surface area contributed by atoms with E-state index in [0.29, 0.717) is 0 Å². The molecule has 16 heavy (non-hydrogen) atoms. The molecule has 0 fully saturated rings. The molecule has 0 N–H and O–H groups in total. The number of imidazole rings is 1. The van der Waals surface area contributed by atoms with Crippen molar-refractivity contribution in [2.24, 2.45) is 0 Å². The molecule has 0 bridgehead atoms. The number of hydrogen-bond acceptors (Lipinski definition) is 5. The van der Waals surface area contributed by atoms with E-state index >= 15 is 0 Å². The molecule has 2 aromatic rings. The molecule has 0 amide bonds. The first kappa shape index (κ1) is 11.6. The predicted octanol–water partition coefficient (Wildman–Crippen LogP) is 2.48. The molecular formula is C10H14N4S2. The SMILES string of the molecule is CCc1nsc(SCCCn2ccnc2)n1. The summed E-state index contributed by atoms with van der Waals surface area (Å²) in [6.07, 6.45) is 7.70. The third-order valence-corrected chi connectivity index (χ3v) is 4.07. The molecule has 0 aliphatic carbocycles. The highest BCUT2D eigenvalue weighted by Gasteiger charge is 2.02. The molecule has 0 saturated heterocycles. The van der Waals surface area contributed by atoms with Crippen LogP contribution in [0.3, 0.4) is 0 Å². The molecule has 0 unspecified atom stereocenters. The first-order valence-corrected chi connectivity index (χ1v) is 7.05. The van der Waals surface area contributed by atoms with Crippen molar-refractivity contribution in [3.8, 4) is 0 Å². The molecule has 0 radical (unpaired) electrons. The second-order valence-electron chi connectivity index (χ2n) is 3.33. The molecule has 0 aliphatic rings. The Labute approximate surface area is 103 Å². The van der Waals surface area contributed by atoms with E-state index in [9.17, 15) is 0 Å². The maximum absolute atomic E-state index is 4.41. The lowest BCUT2D eigenvalue weighted by Crippen LogP contribution is -1.95. The van der Waals surface area contributed by atoms with Crippen molar-refractivity contribution in [1.29, 1.82) is 0 Å². The van der Waals surface area contributed by atoms with E-state index in [4.69, 9.17) is 0 Å². The van der Waals surface area contributed by atoms with Crippen molar-refractivity contribution >= 4 is 23.3 Å². The Bertz CT molecular complexity index is 410. The van der Waals surface area contributed by atoms with E-state index in [2.05, 4.69) is 25.8 Å². The van der Waals surface area contributed by atoms with Gasteiger partial charge in [0.1, 0.15) is 5.82 Å². The lowest BCUT2D eigenvalue weighted by Gasteiger charge is -1.99. The van der Waals surface area contributed by atoms with Crippen LogP contribution in [0.1, 0.15) is 19.2 Å². The van der Waals surface area contributed by atoms with E-state index < -0.39 is 0 Å². The monoisotopic (exact) mass is 254 g/mol. The second-order valence-corrected chi connectivity index (χ2v) is 5.43. The molecule has 0 aromatic carbocycles. The zero-order valence-electron chi connectivity index (χ0n) is 9.17. The molecule has 0 atom stereocenters. The van der Waals surface area contributed by atoms with Crippen molar-refractivity contribution in [3.63, 3.8) is 0 Å². The summed E-state index contributed by atoms with van der Waals surface area (Å²) in [6.45, 7) is 3.10. The number of hydrogen-bond donors (Lipinski definition) is 0. The van der Waals surface area contributed by atoms with Crippen LogP contribution in [0.15, 0.2) is 23.1 Å². The summed E-state index contributed by atoms with van der Waals surface area (Å²) in [5, 5.41) is 0. The van der Waals surface area contributed by atoms with E-state index in [1.165, 1.54) is 11.5 Å². The van der Waals surface area contributed by atoms with E-state index in [0.717, 1.165) is 35.3 Å². The number of aromatic nitrogens is 4. The van der Waals surface area contributed by atoms with Gasteiger partial charge in [-0.25, -0.2) is 9.97 Å². The van der Waals surface area contributed by atoms with Gasteiger partial charge in [-0.3, -0.25) is 0 Å². The average molecular weight is 254 g/mol. The fourth-order valence-electron chi connectivity index (χ4n) is 1.27. The molecule has 0 spiro atoms. The molecule has 86 valence electrons. The first-order chi connectivity index (χ1) is 7.88. The Kier molecular flexibility index (Phi) is 4.35. The highest BCUT2D eigenvalue weighted by Crippen LogP contribution is 2.21. The maximum Gasteiger partial charge on any atom is 0.170 e. The first-order valence-electron chi connectivity index (χ1n) is 5.29. The molecule has 2 rings (SSSR count). The van der Waals surface area contributed by atoms with Gasteiger partial charge < -0.3 is 4.57 Å². The lowest BCUT2D eigenvalue weighted by molar-refractivity contribution is 0.683. The lowest BCUT2D eigenvalue weighted by atomic mass is 10.5. The predicted molar refractivity (Wildman–Crippen MR) is 66.9 cm³/mol. The van der Waals surface area contributed by atoms with Gasteiger partial charge in [-0.2, -0.15) is 4.37 Å². The van der Waals surface area contributed by atoms with Gasteiger partial charge in [0.05, 0.1) is 6.33 Å². The molecule has 2 aromatic heterocycles. The largest absolute Gasteiger partial charge is 0.337 e. The quantitative estimate of drug-likeness (QED) is 0.587. The van der Waals surface area contributed by atoms with Crippen LogP contribution in [-0.2, 0) is 13.0 Å². The van der Waals surface area contributed by atoms with Crippen molar-refractivity contribution in [3.05, 3.63) is 24.5 Å².